The number of hydrogen-bond acceptors (Lipinski definition) is 8. The van der Waals surface area contributed by atoms with Gasteiger partial charge in [-0.3, -0.25) is 4.79 Å². The molecule has 0 aliphatic carbocycles. The highest BCUT2D eigenvalue weighted by Gasteiger charge is 2.34. The SMILES string of the molecule is COC(=O)c1ccc(C2=C3C=CC(=N3)C=C3N=C(C=C3C(C)=O)C=C3NC(=CC4=NC2=C/C4=C(\C)O)CC3(C)C)cc1. The first kappa shape index (κ1) is 27.1. The van der Waals surface area contributed by atoms with E-state index in [1.54, 1.807) is 19.1 Å². The summed E-state index contributed by atoms with van der Waals surface area (Å²) in [6, 6.07) is 7.06. The van der Waals surface area contributed by atoms with Crippen molar-refractivity contribution in [1.29, 1.82) is 0 Å². The number of aliphatic hydroxyl groups excluding tert-OH is 1. The largest absolute Gasteiger partial charge is 0.512 e. The van der Waals surface area contributed by atoms with E-state index < -0.39 is 5.97 Å². The molecule has 1 aromatic carbocycles. The first-order valence-electron chi connectivity index (χ1n) is 13.7. The molecule has 42 heavy (non-hydrogen) atoms. The summed E-state index contributed by atoms with van der Waals surface area (Å²) < 4.78 is 4.87. The lowest BCUT2D eigenvalue weighted by Crippen LogP contribution is -2.14. The lowest BCUT2D eigenvalue weighted by atomic mass is 9.87. The number of nitrogens with zero attached hydrogens (tertiary/aromatic N) is 3. The Morgan fingerprint density at radius 1 is 0.905 bits per heavy atom. The Morgan fingerprint density at radius 3 is 2.36 bits per heavy atom. The maximum Gasteiger partial charge on any atom is 0.337 e. The highest BCUT2D eigenvalue weighted by molar-refractivity contribution is 6.18. The van der Waals surface area contributed by atoms with Gasteiger partial charge < -0.3 is 15.2 Å². The van der Waals surface area contributed by atoms with E-state index in [4.69, 9.17) is 19.7 Å². The fourth-order valence-corrected chi connectivity index (χ4v) is 5.52. The van der Waals surface area contributed by atoms with E-state index in [2.05, 4.69) is 19.2 Å². The van der Waals surface area contributed by atoms with Crippen LogP contribution in [0.3, 0.4) is 0 Å². The molecule has 1 fully saturated rings. The minimum absolute atomic E-state index is 0.0726. The van der Waals surface area contributed by atoms with Gasteiger partial charge in [0.1, 0.15) is 0 Å². The monoisotopic (exact) mass is 558 g/mol. The molecule has 1 aromatic rings. The predicted molar refractivity (Wildman–Crippen MR) is 164 cm³/mol. The topological polar surface area (TPSA) is 113 Å². The van der Waals surface area contributed by atoms with Crippen molar-refractivity contribution in [2.24, 2.45) is 20.4 Å². The molecule has 0 spiro atoms. The fraction of sp³-hybridized carbons (Fsp3) is 0.206. The number of aliphatic imine (C=N–C) groups is 3. The van der Waals surface area contributed by atoms with Gasteiger partial charge in [-0.2, -0.15) is 0 Å². The van der Waals surface area contributed by atoms with E-state index in [9.17, 15) is 14.7 Å². The first-order chi connectivity index (χ1) is 20.0. The number of hydrogen-bond donors (Lipinski definition) is 2. The lowest BCUT2D eigenvalue weighted by molar-refractivity contribution is -0.113. The lowest BCUT2D eigenvalue weighted by Gasteiger charge is -2.17. The number of carbonyl (C=O) groups is 2. The van der Waals surface area contributed by atoms with Crippen molar-refractivity contribution in [3.05, 3.63) is 123 Å². The van der Waals surface area contributed by atoms with Crippen LogP contribution in [0.4, 0.5) is 0 Å². The molecule has 2 N–H and O–H groups in total. The molecule has 0 amide bonds. The fourth-order valence-electron chi connectivity index (χ4n) is 5.52. The molecule has 5 heterocycles. The number of Topliss-reactive ketones (excluding diaryl/α,β-unsaturated/α-hetero) is 1. The summed E-state index contributed by atoms with van der Waals surface area (Å²) in [6.45, 7) is 7.48. The van der Waals surface area contributed by atoms with Gasteiger partial charge in [0.15, 0.2) is 5.78 Å². The number of nitrogens with one attached hydrogen (secondary N) is 1. The molecule has 6 rings (SSSR count). The van der Waals surface area contributed by atoms with Crippen LogP contribution in [-0.4, -0.2) is 41.1 Å². The van der Waals surface area contributed by atoms with Gasteiger partial charge in [-0.15, -0.1) is 0 Å². The van der Waals surface area contributed by atoms with Gasteiger partial charge in [-0.25, -0.2) is 19.8 Å². The van der Waals surface area contributed by atoms with Gasteiger partial charge in [0.2, 0.25) is 0 Å². The van der Waals surface area contributed by atoms with Crippen molar-refractivity contribution < 1.29 is 19.4 Å². The number of ketones is 1. The zero-order valence-electron chi connectivity index (χ0n) is 24.1. The van der Waals surface area contributed by atoms with Crippen molar-refractivity contribution >= 4 is 34.5 Å². The maximum atomic E-state index is 12.5. The molecule has 0 unspecified atom stereocenters. The van der Waals surface area contributed by atoms with Gasteiger partial charge in [-0.05, 0) is 80.5 Å². The summed E-state index contributed by atoms with van der Waals surface area (Å²) in [5, 5.41) is 14.2. The van der Waals surface area contributed by atoms with Gasteiger partial charge in [-0.1, -0.05) is 26.0 Å². The van der Waals surface area contributed by atoms with Gasteiger partial charge in [0.25, 0.3) is 0 Å². The van der Waals surface area contributed by atoms with Gasteiger partial charge >= 0.3 is 5.97 Å². The van der Waals surface area contributed by atoms with Crippen molar-refractivity contribution in [3.8, 4) is 0 Å². The van der Waals surface area contributed by atoms with Crippen molar-refractivity contribution in [1.82, 2.24) is 5.32 Å². The molecular weight excluding hydrogens is 528 g/mol. The zero-order chi connectivity index (χ0) is 29.8. The number of esters is 1. The highest BCUT2D eigenvalue weighted by Crippen LogP contribution is 2.41. The van der Waals surface area contributed by atoms with Crippen LogP contribution in [0.25, 0.3) is 5.57 Å². The van der Waals surface area contributed by atoms with Gasteiger partial charge in [0, 0.05) is 33.5 Å². The van der Waals surface area contributed by atoms with Gasteiger partial charge in [0.05, 0.1) is 52.7 Å². The Labute approximate surface area is 244 Å². The molecule has 5 aliphatic heterocycles. The normalized spacial score (nSPS) is 21.4. The summed E-state index contributed by atoms with van der Waals surface area (Å²) in [5.41, 5.74) is 8.60. The number of ether oxygens (including phenoxy) is 1. The third kappa shape index (κ3) is 4.85. The molecular formula is C34H30N4O4. The number of allylic oxidation sites excluding steroid dienone is 13. The Hall–Kier alpha value is -5.11. The molecule has 5 aliphatic rings. The highest BCUT2D eigenvalue weighted by atomic mass is 16.5. The van der Waals surface area contributed by atoms with Crippen LogP contribution in [0.2, 0.25) is 0 Å². The maximum absolute atomic E-state index is 12.5. The van der Waals surface area contributed by atoms with Crippen LogP contribution in [0.15, 0.2) is 127 Å². The summed E-state index contributed by atoms with van der Waals surface area (Å²) in [7, 11) is 1.35. The molecule has 1 saturated heterocycles. The quantitative estimate of drug-likeness (QED) is 0.348. The summed E-state index contributed by atoms with van der Waals surface area (Å²) in [5.74, 6) is -0.345. The second-order valence-electron chi connectivity index (χ2n) is 11.3. The van der Waals surface area contributed by atoms with E-state index >= 15 is 0 Å². The van der Waals surface area contributed by atoms with Crippen molar-refractivity contribution in [2.45, 2.75) is 34.1 Å². The third-order valence-corrected chi connectivity index (χ3v) is 7.70. The van der Waals surface area contributed by atoms with Crippen molar-refractivity contribution in [3.63, 3.8) is 0 Å². The Morgan fingerprint density at radius 2 is 1.67 bits per heavy atom. The molecule has 8 bridgehead atoms. The number of methoxy groups -OCH3 is 1. The molecule has 0 saturated carbocycles. The smallest absolute Gasteiger partial charge is 0.337 e. The Balaban J connectivity index is 1.59. The van der Waals surface area contributed by atoms with Crippen LogP contribution in [0.5, 0.6) is 0 Å². The summed E-state index contributed by atoms with van der Waals surface area (Å²) in [6.07, 6.45) is 13.9. The Bertz CT molecular complexity index is 1810. The van der Waals surface area contributed by atoms with E-state index in [1.807, 2.05) is 54.7 Å². The second kappa shape index (κ2) is 10.1. The standard InChI is InChI=1S/C34H30N4O4/c1-18(39)25-12-23-15-31-34(3,4)17-24(37-31)14-29-26(19(2)40)16-30(38-29)32(20-6-8-21(9-7-20)33(41)42-5)27-11-10-22(35-27)13-28(25)36-23/h6-16,37,40H,17H2,1-5H3/b24-14?,26-19-,28-13?,31-15?,32-27?. The summed E-state index contributed by atoms with van der Waals surface area (Å²) in [4.78, 5) is 39.3. The molecule has 210 valence electrons. The minimum Gasteiger partial charge on any atom is -0.512 e. The van der Waals surface area contributed by atoms with E-state index in [0.717, 1.165) is 29.0 Å². The molecule has 0 radical (unpaired) electrons. The molecule has 0 atom stereocenters. The number of fused-ring (bicyclic) bond motifs is 5. The Kier molecular flexibility index (Phi) is 6.49. The van der Waals surface area contributed by atoms with Crippen LogP contribution in [0.1, 0.15) is 50.0 Å². The average Bonchev–Trinajstić information content (AvgIpc) is 3.71. The number of aliphatic hydroxyl groups is 1. The van der Waals surface area contributed by atoms with E-state index in [1.165, 1.54) is 14.0 Å². The van der Waals surface area contributed by atoms with Crippen LogP contribution in [-0.2, 0) is 9.53 Å². The van der Waals surface area contributed by atoms with Crippen LogP contribution < -0.4 is 5.32 Å². The molecule has 0 aromatic heterocycles. The molecule has 8 heteroatoms. The zero-order valence-corrected chi connectivity index (χ0v) is 24.1. The average molecular weight is 559 g/mol. The molecule has 8 nitrogen and oxygen atoms in total. The summed E-state index contributed by atoms with van der Waals surface area (Å²) >= 11 is 0. The number of benzene rings is 1. The van der Waals surface area contributed by atoms with Crippen LogP contribution >= 0.6 is 0 Å². The van der Waals surface area contributed by atoms with Crippen LogP contribution in [0, 0.1) is 5.41 Å². The number of carbonyl (C=O) groups excluding carboxylic acids is 2. The second-order valence-corrected chi connectivity index (χ2v) is 11.3. The van der Waals surface area contributed by atoms with E-state index in [0.29, 0.717) is 50.9 Å². The first-order valence-corrected chi connectivity index (χ1v) is 13.7. The third-order valence-electron chi connectivity index (χ3n) is 7.70. The minimum atomic E-state index is -0.427. The van der Waals surface area contributed by atoms with Crippen molar-refractivity contribution in [2.75, 3.05) is 7.11 Å². The number of rotatable bonds is 3. The predicted octanol–water partition coefficient (Wildman–Crippen LogP) is 6.02. The van der Waals surface area contributed by atoms with E-state index in [-0.39, 0.29) is 17.0 Å².